The maximum atomic E-state index is 4.22. The summed E-state index contributed by atoms with van der Waals surface area (Å²) < 4.78 is 0.822. The molecule has 0 amide bonds. The smallest absolute Gasteiger partial charge is 0.146 e. The molecule has 5 nitrogen and oxygen atoms in total. The molecule has 0 radical (unpaired) electrons. The Morgan fingerprint density at radius 1 is 1.28 bits per heavy atom. The number of hydrogen-bond acceptors (Lipinski definition) is 5. The highest BCUT2D eigenvalue weighted by Gasteiger charge is 2.11. The number of nitrogens with one attached hydrogen (secondary N) is 2. The number of anilines is 2. The van der Waals surface area contributed by atoms with E-state index < -0.39 is 0 Å². The summed E-state index contributed by atoms with van der Waals surface area (Å²) in [5.41, 5.74) is 1.11. The van der Waals surface area contributed by atoms with E-state index in [1.165, 1.54) is 6.33 Å². The molecule has 2 aromatic heterocycles. The molecule has 0 saturated carbocycles. The Bertz CT molecular complexity index is 517. The van der Waals surface area contributed by atoms with Gasteiger partial charge in [0.1, 0.15) is 22.4 Å². The SMILES string of the molecule is CNc1ncnc(NC(C)c2cccnc2)c1Br. The van der Waals surface area contributed by atoms with Crippen LogP contribution in [-0.2, 0) is 0 Å². The summed E-state index contributed by atoms with van der Waals surface area (Å²) in [6.07, 6.45) is 5.12. The molecule has 94 valence electrons. The van der Waals surface area contributed by atoms with Crippen LogP contribution in [0.15, 0.2) is 35.3 Å². The number of nitrogens with zero attached hydrogens (tertiary/aromatic N) is 3. The first-order chi connectivity index (χ1) is 8.72. The molecule has 0 bridgehead atoms. The summed E-state index contributed by atoms with van der Waals surface area (Å²) in [6.45, 7) is 2.06. The van der Waals surface area contributed by atoms with Gasteiger partial charge in [0.15, 0.2) is 0 Å². The molecule has 2 aromatic rings. The molecule has 0 aliphatic rings. The quantitative estimate of drug-likeness (QED) is 0.909. The van der Waals surface area contributed by atoms with Gasteiger partial charge in [-0.15, -0.1) is 0 Å². The average Bonchev–Trinajstić information content (AvgIpc) is 2.42. The Labute approximate surface area is 114 Å². The molecule has 1 atom stereocenters. The van der Waals surface area contributed by atoms with Crippen molar-refractivity contribution in [2.75, 3.05) is 17.7 Å². The summed E-state index contributed by atoms with van der Waals surface area (Å²) in [6, 6.07) is 4.06. The minimum Gasteiger partial charge on any atom is -0.372 e. The van der Waals surface area contributed by atoms with Crippen LogP contribution in [0.2, 0.25) is 0 Å². The van der Waals surface area contributed by atoms with Gasteiger partial charge in [-0.05, 0) is 34.5 Å². The Kier molecular flexibility index (Phi) is 4.09. The van der Waals surface area contributed by atoms with Crippen molar-refractivity contribution in [1.82, 2.24) is 15.0 Å². The van der Waals surface area contributed by atoms with Crippen LogP contribution in [0.5, 0.6) is 0 Å². The predicted molar refractivity (Wildman–Crippen MR) is 75.6 cm³/mol. The second-order valence-corrected chi connectivity index (χ2v) is 4.58. The molecule has 0 fully saturated rings. The molecule has 0 aliphatic carbocycles. The fourth-order valence-corrected chi connectivity index (χ4v) is 2.08. The lowest BCUT2D eigenvalue weighted by atomic mass is 10.1. The van der Waals surface area contributed by atoms with Gasteiger partial charge in [-0.3, -0.25) is 4.98 Å². The van der Waals surface area contributed by atoms with Gasteiger partial charge in [-0.1, -0.05) is 6.07 Å². The molecular weight excluding hydrogens is 294 g/mol. The molecule has 2 heterocycles. The number of halogens is 1. The summed E-state index contributed by atoms with van der Waals surface area (Å²) in [5, 5.41) is 6.32. The predicted octanol–water partition coefficient (Wildman–Crippen LogP) is 2.85. The van der Waals surface area contributed by atoms with E-state index in [1.54, 1.807) is 6.20 Å². The summed E-state index contributed by atoms with van der Waals surface area (Å²) in [7, 11) is 1.82. The lowest BCUT2D eigenvalue weighted by Crippen LogP contribution is -2.09. The van der Waals surface area contributed by atoms with Gasteiger partial charge < -0.3 is 10.6 Å². The second-order valence-electron chi connectivity index (χ2n) is 3.79. The van der Waals surface area contributed by atoms with Gasteiger partial charge in [-0.25, -0.2) is 9.97 Å². The van der Waals surface area contributed by atoms with E-state index in [9.17, 15) is 0 Å². The van der Waals surface area contributed by atoms with Gasteiger partial charge >= 0.3 is 0 Å². The van der Waals surface area contributed by atoms with E-state index in [0.717, 1.165) is 21.7 Å². The standard InChI is InChI=1S/C12H14BrN5/c1-8(9-4-3-5-15-6-9)18-12-10(13)11(14-2)16-7-17-12/h3-8H,1-2H3,(H2,14,16,17,18). The second kappa shape index (κ2) is 5.77. The molecule has 1 unspecified atom stereocenters. The van der Waals surface area contributed by atoms with E-state index in [4.69, 9.17) is 0 Å². The van der Waals surface area contributed by atoms with Gasteiger partial charge in [-0.2, -0.15) is 0 Å². The summed E-state index contributed by atoms with van der Waals surface area (Å²) in [4.78, 5) is 12.4. The van der Waals surface area contributed by atoms with E-state index in [-0.39, 0.29) is 6.04 Å². The number of pyridine rings is 1. The van der Waals surface area contributed by atoms with E-state index in [1.807, 2.05) is 25.4 Å². The lowest BCUT2D eigenvalue weighted by Gasteiger charge is -2.16. The monoisotopic (exact) mass is 307 g/mol. The van der Waals surface area contributed by atoms with Crippen molar-refractivity contribution in [2.24, 2.45) is 0 Å². The molecule has 0 aliphatic heterocycles. The molecule has 0 aromatic carbocycles. The fraction of sp³-hybridized carbons (Fsp3) is 0.250. The van der Waals surface area contributed by atoms with Crippen LogP contribution in [-0.4, -0.2) is 22.0 Å². The van der Waals surface area contributed by atoms with Crippen LogP contribution in [0.25, 0.3) is 0 Å². The first-order valence-electron chi connectivity index (χ1n) is 5.57. The number of rotatable bonds is 4. The first kappa shape index (κ1) is 12.8. The maximum Gasteiger partial charge on any atom is 0.146 e. The Balaban J connectivity index is 2.19. The summed E-state index contributed by atoms with van der Waals surface area (Å²) >= 11 is 3.48. The van der Waals surface area contributed by atoms with Crippen molar-refractivity contribution in [2.45, 2.75) is 13.0 Å². The van der Waals surface area contributed by atoms with Crippen LogP contribution in [0.3, 0.4) is 0 Å². The van der Waals surface area contributed by atoms with Gasteiger partial charge in [0.25, 0.3) is 0 Å². The lowest BCUT2D eigenvalue weighted by molar-refractivity contribution is 0.862. The van der Waals surface area contributed by atoms with Crippen LogP contribution < -0.4 is 10.6 Å². The zero-order valence-electron chi connectivity index (χ0n) is 10.2. The Morgan fingerprint density at radius 2 is 2.06 bits per heavy atom. The molecule has 0 saturated heterocycles. The van der Waals surface area contributed by atoms with Crippen LogP contribution in [0.4, 0.5) is 11.6 Å². The maximum absolute atomic E-state index is 4.22. The summed E-state index contributed by atoms with van der Waals surface area (Å²) in [5.74, 6) is 1.51. The van der Waals surface area contributed by atoms with Crippen molar-refractivity contribution in [3.63, 3.8) is 0 Å². The van der Waals surface area contributed by atoms with Crippen molar-refractivity contribution in [3.8, 4) is 0 Å². The number of hydrogen-bond donors (Lipinski definition) is 2. The third-order valence-electron chi connectivity index (χ3n) is 2.56. The van der Waals surface area contributed by atoms with Crippen molar-refractivity contribution in [1.29, 1.82) is 0 Å². The third kappa shape index (κ3) is 2.76. The van der Waals surface area contributed by atoms with Crippen molar-refractivity contribution >= 4 is 27.6 Å². The van der Waals surface area contributed by atoms with Crippen molar-refractivity contribution in [3.05, 3.63) is 40.9 Å². The topological polar surface area (TPSA) is 62.7 Å². The third-order valence-corrected chi connectivity index (χ3v) is 3.32. The van der Waals surface area contributed by atoms with Crippen LogP contribution in [0.1, 0.15) is 18.5 Å². The Hall–Kier alpha value is -1.69. The highest BCUT2D eigenvalue weighted by Crippen LogP contribution is 2.28. The van der Waals surface area contributed by atoms with Crippen molar-refractivity contribution < 1.29 is 0 Å². The highest BCUT2D eigenvalue weighted by molar-refractivity contribution is 9.10. The van der Waals surface area contributed by atoms with Gasteiger partial charge in [0.05, 0.1) is 6.04 Å². The van der Waals surface area contributed by atoms with E-state index >= 15 is 0 Å². The molecule has 2 rings (SSSR count). The first-order valence-corrected chi connectivity index (χ1v) is 6.36. The molecule has 2 N–H and O–H groups in total. The van der Waals surface area contributed by atoms with Crippen LogP contribution >= 0.6 is 15.9 Å². The van der Waals surface area contributed by atoms with E-state index in [2.05, 4.69) is 48.4 Å². The zero-order valence-corrected chi connectivity index (χ0v) is 11.8. The van der Waals surface area contributed by atoms with Gasteiger partial charge in [0.2, 0.25) is 0 Å². The Morgan fingerprint density at radius 3 is 2.72 bits per heavy atom. The molecule has 18 heavy (non-hydrogen) atoms. The number of aromatic nitrogens is 3. The fourth-order valence-electron chi connectivity index (χ4n) is 1.57. The normalized spacial score (nSPS) is 11.9. The largest absolute Gasteiger partial charge is 0.372 e. The highest BCUT2D eigenvalue weighted by atomic mass is 79.9. The van der Waals surface area contributed by atoms with Gasteiger partial charge in [0, 0.05) is 19.4 Å². The minimum absolute atomic E-state index is 0.120. The van der Waals surface area contributed by atoms with E-state index in [0.29, 0.717) is 0 Å². The molecule has 6 heteroatoms. The van der Waals surface area contributed by atoms with Crippen LogP contribution in [0, 0.1) is 0 Å². The zero-order chi connectivity index (χ0) is 13.0. The average molecular weight is 308 g/mol. The molecule has 0 spiro atoms. The minimum atomic E-state index is 0.120. The molecular formula is C12H14BrN5.